The van der Waals surface area contributed by atoms with Crippen molar-refractivity contribution < 1.29 is 87.7 Å². The molecule has 0 saturated carbocycles. The van der Waals surface area contributed by atoms with Crippen molar-refractivity contribution >= 4 is 6.16 Å². The van der Waals surface area contributed by atoms with E-state index in [1.165, 1.54) is 0 Å². The van der Waals surface area contributed by atoms with Crippen LogP contribution in [0.2, 0.25) is 0 Å². The molecule has 30 valence electrons. The van der Waals surface area contributed by atoms with Gasteiger partial charge in [-0.3, -0.25) is 0 Å². The Morgan fingerprint density at radius 2 is 1.50 bits per heavy atom. The van der Waals surface area contributed by atoms with Gasteiger partial charge in [0.1, 0.15) is 0 Å². The van der Waals surface area contributed by atoms with Crippen molar-refractivity contribution in [3.05, 3.63) is 0 Å². The molecule has 0 aliphatic rings. The Hall–Kier alpha value is 1.65. The zero-order chi connectivity index (χ0) is 3.58. The van der Waals surface area contributed by atoms with Crippen LogP contribution in [0.4, 0.5) is 4.79 Å². The van der Waals surface area contributed by atoms with Gasteiger partial charge in [-0.25, -0.2) is 4.79 Å². The van der Waals surface area contributed by atoms with E-state index < -0.39 is 6.16 Å². The second-order valence-corrected chi connectivity index (χ2v) is 0.283. The van der Waals surface area contributed by atoms with Gasteiger partial charge in [-0.15, -0.1) is 0 Å². The quantitative estimate of drug-likeness (QED) is 0.443. The van der Waals surface area contributed by atoms with Crippen LogP contribution in [0.25, 0.3) is 0 Å². The first-order valence-corrected chi connectivity index (χ1v) is 0.651. The third-order valence-corrected chi connectivity index (χ3v) is 0. The molecule has 0 aliphatic heterocycles. The first-order chi connectivity index (χ1) is 1.73. The molecule has 0 aromatic heterocycles. The molecule has 0 aromatic carbocycles. The molecule has 3 nitrogen and oxygen atoms in total. The van der Waals surface area contributed by atoms with Crippen molar-refractivity contribution in [2.45, 2.75) is 0 Å². The van der Waals surface area contributed by atoms with Crippen molar-refractivity contribution in [3.8, 4) is 0 Å². The van der Waals surface area contributed by atoms with E-state index in [0.29, 0.717) is 0 Å². The van der Waals surface area contributed by atoms with Gasteiger partial charge in [-0.1, -0.05) is 0 Å². The monoisotopic (exact) mass is 226 g/mol. The summed E-state index contributed by atoms with van der Waals surface area (Å²) in [5, 5.41) is 13.9. The summed E-state index contributed by atoms with van der Waals surface area (Å²) < 4.78 is 0. The summed E-state index contributed by atoms with van der Waals surface area (Å²) >= 11 is 0. The normalized spacial score (nSPS) is 4.00. The van der Waals surface area contributed by atoms with Gasteiger partial charge in [-0.2, -0.15) is 0 Å². The van der Waals surface area contributed by atoms with Crippen LogP contribution in [0, 0.1) is 41.7 Å². The largest absolute Gasteiger partial charge is 1.00 e. The number of hydrogen-bond donors (Lipinski definition) is 2. The maximum absolute atomic E-state index is 8.56. The van der Waals surface area contributed by atoms with Crippen molar-refractivity contribution in [1.82, 2.24) is 0 Å². The number of carbonyl (C=O) groups is 1. The minimum atomic E-state index is -1.83. The van der Waals surface area contributed by atoms with E-state index in [9.17, 15) is 0 Å². The Labute approximate surface area is 92.3 Å². The Morgan fingerprint density at radius 3 is 1.50 bits per heavy atom. The maximum atomic E-state index is 8.56. The van der Waals surface area contributed by atoms with Crippen molar-refractivity contribution in [2.75, 3.05) is 0 Å². The molecule has 0 rings (SSSR count). The Kier molecular flexibility index (Phi) is 25.6. The molecule has 0 aliphatic carbocycles. The number of rotatable bonds is 0. The number of hydrogen-bond acceptors (Lipinski definition) is 1. The summed E-state index contributed by atoms with van der Waals surface area (Å²) in [5.41, 5.74) is 0. The van der Waals surface area contributed by atoms with Gasteiger partial charge in [0.25, 0.3) is 0 Å². The zero-order valence-electron chi connectivity index (χ0n) is 4.30. The second-order valence-electron chi connectivity index (χ2n) is 0.283. The smallest absolute Gasteiger partial charge is 1.00 e. The number of carboxylic acid groups (broad SMARTS) is 2. The molecule has 0 bridgehead atoms. The second kappa shape index (κ2) is 9.82. The third-order valence-electron chi connectivity index (χ3n) is 0. The fourth-order valence-corrected chi connectivity index (χ4v) is 0. The molecule has 0 amide bonds. The fourth-order valence-electron chi connectivity index (χ4n) is 0. The van der Waals surface area contributed by atoms with Crippen LogP contribution >= 0.6 is 0 Å². The van der Waals surface area contributed by atoms with E-state index in [-0.39, 0.29) is 72.7 Å². The average Bonchev–Trinajstić information content (AvgIpc) is 0.811. The molecule has 5 heteroatoms. The molecule has 0 unspecified atom stereocenters. The Bertz CT molecular complexity index is 37.9. The molecule has 0 spiro atoms. The predicted molar refractivity (Wildman–Crippen MR) is 11.8 cm³/mol. The van der Waals surface area contributed by atoms with Crippen LogP contribution < -0.4 is 29.6 Å². The van der Waals surface area contributed by atoms with Crippen LogP contribution in [0.15, 0.2) is 0 Å². The summed E-state index contributed by atoms with van der Waals surface area (Å²) in [7, 11) is 0. The van der Waals surface area contributed by atoms with E-state index in [0.717, 1.165) is 0 Å². The molecule has 0 heterocycles. The maximum Gasteiger partial charge on any atom is 1.00 e. The van der Waals surface area contributed by atoms with Crippen LogP contribution in [-0.2, 0) is 0 Å². The van der Waals surface area contributed by atoms with Crippen LogP contribution in [0.5, 0.6) is 0 Å². The molecule has 0 aromatic rings. The van der Waals surface area contributed by atoms with E-state index in [1.54, 1.807) is 0 Å². The van der Waals surface area contributed by atoms with E-state index in [1.807, 2.05) is 0 Å². The van der Waals surface area contributed by atoms with E-state index in [2.05, 4.69) is 0 Å². The van der Waals surface area contributed by atoms with Crippen LogP contribution in [0.1, 0.15) is 1.43 Å². The van der Waals surface area contributed by atoms with Gasteiger partial charge >= 0.3 is 35.7 Å². The molecule has 2 N–H and O–H groups in total. The topological polar surface area (TPSA) is 57.5 Å². The Morgan fingerprint density at radius 1 is 1.50 bits per heavy atom. The summed E-state index contributed by atoms with van der Waals surface area (Å²) in [6.45, 7) is 0. The predicted octanol–water partition coefficient (Wildman–Crippen LogP) is -2.66. The SMILES string of the molecule is O=C(O)O.[Ce].[H-].[Na+]. The van der Waals surface area contributed by atoms with Crippen LogP contribution in [0.3, 0.4) is 0 Å². The molecule has 6 heavy (non-hydrogen) atoms. The van der Waals surface area contributed by atoms with Crippen molar-refractivity contribution in [1.29, 1.82) is 0 Å². The minimum absolute atomic E-state index is 0. The standard InChI is InChI=1S/CH2O3.Ce.Na.H/c2-1(3)4;;;/h(H2,2,3,4);;;/q;;+1;-1. The third kappa shape index (κ3) is 45.0. The fraction of sp³-hybridized carbons (Fsp3) is 0. The molecular formula is CH3CeNaO3. The van der Waals surface area contributed by atoms with Crippen LogP contribution in [-0.4, -0.2) is 16.4 Å². The minimum Gasteiger partial charge on any atom is -1.00 e. The van der Waals surface area contributed by atoms with Gasteiger partial charge in [-0.05, 0) is 0 Å². The van der Waals surface area contributed by atoms with E-state index >= 15 is 0 Å². The molecule has 0 atom stereocenters. The van der Waals surface area contributed by atoms with Gasteiger partial charge in [0.2, 0.25) is 0 Å². The molecule has 0 fully saturated rings. The Balaban J connectivity index is -0.0000000150. The van der Waals surface area contributed by atoms with Gasteiger partial charge in [0.15, 0.2) is 0 Å². The summed E-state index contributed by atoms with van der Waals surface area (Å²) in [6, 6.07) is 0. The molecular weight excluding hydrogens is 223 g/mol. The average molecular weight is 226 g/mol. The first-order valence-electron chi connectivity index (χ1n) is 0.651. The zero-order valence-corrected chi connectivity index (χ0v) is 8.44. The summed E-state index contributed by atoms with van der Waals surface area (Å²) in [4.78, 5) is 8.56. The summed E-state index contributed by atoms with van der Waals surface area (Å²) in [5.74, 6) is 0. The van der Waals surface area contributed by atoms with Gasteiger partial charge in [0, 0.05) is 41.7 Å². The van der Waals surface area contributed by atoms with Gasteiger partial charge in [0.05, 0.1) is 0 Å². The molecule has 0 saturated heterocycles. The molecule has 0 radical (unpaired) electrons. The van der Waals surface area contributed by atoms with E-state index in [4.69, 9.17) is 15.0 Å². The summed E-state index contributed by atoms with van der Waals surface area (Å²) in [6.07, 6.45) is -1.83. The first kappa shape index (κ1) is 15.6. The van der Waals surface area contributed by atoms with Gasteiger partial charge < -0.3 is 11.6 Å². The van der Waals surface area contributed by atoms with Crippen molar-refractivity contribution in [3.63, 3.8) is 0 Å². The van der Waals surface area contributed by atoms with Crippen molar-refractivity contribution in [2.24, 2.45) is 0 Å².